The lowest BCUT2D eigenvalue weighted by molar-refractivity contribution is -0.142. The van der Waals surface area contributed by atoms with Crippen LogP contribution in [0.3, 0.4) is 0 Å². The summed E-state index contributed by atoms with van der Waals surface area (Å²) in [5.41, 5.74) is 0.389. The van der Waals surface area contributed by atoms with Crippen LogP contribution in [-0.4, -0.2) is 49.8 Å². The van der Waals surface area contributed by atoms with Gasteiger partial charge >= 0.3 is 18.0 Å². The van der Waals surface area contributed by atoms with Gasteiger partial charge in [-0.3, -0.25) is 13.9 Å². The van der Waals surface area contributed by atoms with E-state index in [1.165, 1.54) is 4.57 Å². The molecule has 1 aliphatic rings. The van der Waals surface area contributed by atoms with Gasteiger partial charge in [0.25, 0.3) is 5.56 Å². The zero-order valence-corrected chi connectivity index (χ0v) is 19.6. The fourth-order valence-corrected chi connectivity index (χ4v) is 5.05. The first-order chi connectivity index (χ1) is 15.2. The van der Waals surface area contributed by atoms with Gasteiger partial charge in [0.05, 0.1) is 30.1 Å². The van der Waals surface area contributed by atoms with Gasteiger partial charge in [-0.2, -0.15) is 13.2 Å². The summed E-state index contributed by atoms with van der Waals surface area (Å²) >= 11 is 1.08. The van der Waals surface area contributed by atoms with Gasteiger partial charge in [-0.1, -0.05) is 0 Å². The molecule has 3 rings (SSSR count). The molecule has 33 heavy (non-hydrogen) atoms. The molecule has 1 amide bonds. The van der Waals surface area contributed by atoms with Crippen molar-refractivity contribution in [2.24, 2.45) is 0 Å². The SMILES string of the molecule is Cc1c(CNN(C(=O)O)C(C)(C)C)sc2c1c(=O)n(CC(F)(F)F)c(=O)n2CC1CCCO1. The Morgan fingerprint density at radius 1 is 1.27 bits per heavy atom. The second-order valence-corrected chi connectivity index (χ2v) is 10.1. The van der Waals surface area contributed by atoms with Gasteiger partial charge in [0.2, 0.25) is 0 Å². The summed E-state index contributed by atoms with van der Waals surface area (Å²) in [6, 6.07) is 0. The van der Waals surface area contributed by atoms with Crippen LogP contribution in [0.15, 0.2) is 9.59 Å². The van der Waals surface area contributed by atoms with Crippen LogP contribution in [0.5, 0.6) is 0 Å². The Labute approximate surface area is 191 Å². The predicted octanol–water partition coefficient (Wildman–Crippen LogP) is 3.06. The number of aromatic nitrogens is 2. The van der Waals surface area contributed by atoms with E-state index < -0.39 is 35.6 Å². The van der Waals surface area contributed by atoms with E-state index in [0.717, 1.165) is 22.8 Å². The molecule has 9 nitrogen and oxygen atoms in total. The van der Waals surface area contributed by atoms with Gasteiger partial charge in [-0.25, -0.2) is 20.0 Å². The first-order valence-electron chi connectivity index (χ1n) is 10.4. The van der Waals surface area contributed by atoms with E-state index in [-0.39, 0.29) is 34.0 Å². The summed E-state index contributed by atoms with van der Waals surface area (Å²) in [6.45, 7) is 5.53. The van der Waals surface area contributed by atoms with Crippen LogP contribution < -0.4 is 16.7 Å². The zero-order valence-electron chi connectivity index (χ0n) is 18.8. The highest BCUT2D eigenvalue weighted by Crippen LogP contribution is 2.29. The molecule has 184 valence electrons. The van der Waals surface area contributed by atoms with Crippen molar-refractivity contribution < 1.29 is 27.8 Å². The van der Waals surface area contributed by atoms with E-state index in [1.807, 2.05) is 0 Å². The van der Waals surface area contributed by atoms with Gasteiger partial charge in [-0.05, 0) is 46.1 Å². The van der Waals surface area contributed by atoms with E-state index >= 15 is 0 Å². The lowest BCUT2D eigenvalue weighted by atomic mass is 10.1. The third-order valence-corrected chi connectivity index (χ3v) is 6.72. The molecule has 13 heteroatoms. The molecule has 1 fully saturated rings. The second-order valence-electron chi connectivity index (χ2n) is 8.99. The highest BCUT2D eigenvalue weighted by Gasteiger charge is 2.32. The highest BCUT2D eigenvalue weighted by molar-refractivity contribution is 7.18. The molecular formula is C20H27F3N4O5S. The van der Waals surface area contributed by atoms with Crippen LogP contribution in [0.2, 0.25) is 0 Å². The number of hydrazine groups is 1. The summed E-state index contributed by atoms with van der Waals surface area (Å²) < 4.78 is 46.4. The average molecular weight is 493 g/mol. The van der Waals surface area contributed by atoms with Gasteiger partial charge in [0, 0.05) is 11.5 Å². The Kier molecular flexibility index (Phi) is 6.97. The van der Waals surface area contributed by atoms with Crippen molar-refractivity contribution >= 4 is 27.6 Å². The van der Waals surface area contributed by atoms with Gasteiger partial charge < -0.3 is 9.84 Å². The molecule has 0 spiro atoms. The van der Waals surface area contributed by atoms with Crippen molar-refractivity contribution in [3.63, 3.8) is 0 Å². The van der Waals surface area contributed by atoms with Crippen LogP contribution in [-0.2, 0) is 24.4 Å². The largest absolute Gasteiger partial charge is 0.464 e. The first kappa shape index (κ1) is 25.2. The number of nitrogens with one attached hydrogen (secondary N) is 1. The Hall–Kier alpha value is -2.38. The highest BCUT2D eigenvalue weighted by atomic mass is 32.1. The molecule has 2 aromatic heterocycles. The first-order valence-corrected chi connectivity index (χ1v) is 11.2. The quantitative estimate of drug-likeness (QED) is 0.601. The standard InChI is InChI=1S/C20H27F3N4O5S/c1-11-13(8-24-27(18(30)31)19(2,3)4)33-16-14(11)15(28)26(10-20(21,22)23)17(29)25(16)9-12-6-5-7-32-12/h12,24H,5-10H2,1-4H3,(H,30,31). The molecular weight excluding hydrogens is 465 g/mol. The molecule has 0 radical (unpaired) electrons. The molecule has 3 heterocycles. The van der Waals surface area contributed by atoms with Gasteiger partial charge in [0.1, 0.15) is 11.4 Å². The topological polar surface area (TPSA) is 106 Å². The Morgan fingerprint density at radius 3 is 2.45 bits per heavy atom. The van der Waals surface area contributed by atoms with Gasteiger partial charge in [0.15, 0.2) is 0 Å². The van der Waals surface area contributed by atoms with E-state index in [9.17, 15) is 32.7 Å². The van der Waals surface area contributed by atoms with E-state index in [1.54, 1.807) is 27.7 Å². The molecule has 2 aromatic rings. The summed E-state index contributed by atoms with van der Waals surface area (Å²) in [5, 5.41) is 10.5. The van der Waals surface area contributed by atoms with E-state index in [0.29, 0.717) is 23.5 Å². The molecule has 2 N–H and O–H groups in total. The lowest BCUT2D eigenvalue weighted by Gasteiger charge is -2.33. The third kappa shape index (κ3) is 5.41. The average Bonchev–Trinajstić information content (AvgIpc) is 3.28. The monoisotopic (exact) mass is 492 g/mol. The number of fused-ring (bicyclic) bond motifs is 1. The van der Waals surface area contributed by atoms with Crippen LogP contribution in [0.4, 0.5) is 18.0 Å². The molecule has 0 bridgehead atoms. The normalized spacial score (nSPS) is 17.1. The van der Waals surface area contributed by atoms with Crippen molar-refractivity contribution in [3.05, 3.63) is 31.3 Å². The number of hydrogen-bond donors (Lipinski definition) is 2. The summed E-state index contributed by atoms with van der Waals surface area (Å²) in [5.74, 6) is 0. The predicted molar refractivity (Wildman–Crippen MR) is 117 cm³/mol. The Bertz CT molecular complexity index is 1160. The van der Waals surface area contributed by atoms with Crippen molar-refractivity contribution in [2.45, 2.75) is 78.0 Å². The third-order valence-electron chi connectivity index (χ3n) is 5.40. The number of carbonyl (C=O) groups is 1. The minimum Gasteiger partial charge on any atom is -0.464 e. The molecule has 0 saturated carbocycles. The summed E-state index contributed by atoms with van der Waals surface area (Å²) in [6.07, 6.45) is -4.86. The van der Waals surface area contributed by atoms with Crippen LogP contribution in [0.25, 0.3) is 10.2 Å². The maximum atomic E-state index is 13.1. The molecule has 1 saturated heterocycles. The second kappa shape index (κ2) is 9.11. The molecule has 1 aliphatic heterocycles. The molecule has 0 aliphatic carbocycles. The van der Waals surface area contributed by atoms with Gasteiger partial charge in [-0.15, -0.1) is 11.3 Å². The fraction of sp³-hybridized carbons (Fsp3) is 0.650. The van der Waals surface area contributed by atoms with Crippen LogP contribution in [0, 0.1) is 6.92 Å². The maximum absolute atomic E-state index is 13.1. The number of carboxylic acid groups (broad SMARTS) is 1. The minimum absolute atomic E-state index is 0.0155. The Balaban J connectivity index is 2.12. The summed E-state index contributed by atoms with van der Waals surface area (Å²) in [4.78, 5) is 38.3. The fourth-order valence-electron chi connectivity index (χ4n) is 3.82. The lowest BCUT2D eigenvalue weighted by Crippen LogP contribution is -2.52. The summed E-state index contributed by atoms with van der Waals surface area (Å²) in [7, 11) is 0. The number of thiophene rings is 1. The number of rotatable bonds is 6. The van der Waals surface area contributed by atoms with E-state index in [2.05, 4.69) is 5.43 Å². The van der Waals surface area contributed by atoms with Crippen molar-refractivity contribution in [2.75, 3.05) is 6.61 Å². The maximum Gasteiger partial charge on any atom is 0.422 e. The van der Waals surface area contributed by atoms with Crippen molar-refractivity contribution in [1.29, 1.82) is 0 Å². The number of aryl methyl sites for hydroxylation is 1. The number of halogens is 3. The van der Waals surface area contributed by atoms with Crippen molar-refractivity contribution in [1.82, 2.24) is 19.6 Å². The smallest absolute Gasteiger partial charge is 0.422 e. The number of amides is 1. The molecule has 1 unspecified atom stereocenters. The van der Waals surface area contributed by atoms with Crippen LogP contribution in [0.1, 0.15) is 44.1 Å². The Morgan fingerprint density at radius 2 is 1.94 bits per heavy atom. The molecule has 0 aromatic carbocycles. The molecule has 1 atom stereocenters. The number of nitrogens with zero attached hydrogens (tertiary/aromatic N) is 3. The number of hydrogen-bond acceptors (Lipinski definition) is 6. The van der Waals surface area contributed by atoms with E-state index in [4.69, 9.17) is 4.74 Å². The zero-order chi connectivity index (χ0) is 24.7. The minimum atomic E-state index is -4.75. The van der Waals surface area contributed by atoms with Crippen LogP contribution >= 0.6 is 11.3 Å². The van der Waals surface area contributed by atoms with Crippen molar-refractivity contribution in [3.8, 4) is 0 Å². The number of ether oxygens (including phenoxy) is 1. The number of alkyl halides is 3.